The van der Waals surface area contributed by atoms with Gasteiger partial charge in [-0.05, 0) is 24.1 Å². The summed E-state index contributed by atoms with van der Waals surface area (Å²) < 4.78 is 0. The number of nitrogens with one attached hydrogen (secondary N) is 1. The van der Waals surface area contributed by atoms with Gasteiger partial charge in [-0.1, -0.05) is 38.5 Å². The lowest BCUT2D eigenvalue weighted by Gasteiger charge is -2.11. The molecule has 3 rings (SSSR count). The Hall–Kier alpha value is -1.82. The van der Waals surface area contributed by atoms with Crippen molar-refractivity contribution < 1.29 is 0 Å². The van der Waals surface area contributed by atoms with Gasteiger partial charge in [-0.25, -0.2) is 4.98 Å². The Labute approximate surface area is 113 Å². The van der Waals surface area contributed by atoms with E-state index in [1.165, 1.54) is 38.5 Å². The van der Waals surface area contributed by atoms with E-state index in [-0.39, 0.29) is 0 Å². The minimum atomic E-state index is 0.692. The lowest BCUT2D eigenvalue weighted by molar-refractivity contribution is 0.450. The van der Waals surface area contributed by atoms with E-state index >= 15 is 0 Å². The van der Waals surface area contributed by atoms with Crippen LogP contribution in [0.15, 0.2) is 18.2 Å². The third kappa shape index (κ3) is 2.78. The molecule has 0 aliphatic heterocycles. The summed E-state index contributed by atoms with van der Waals surface area (Å²) in [5.41, 5.74) is 2.66. The van der Waals surface area contributed by atoms with Gasteiger partial charge in [0.05, 0.1) is 22.7 Å². The number of rotatable bonds is 2. The smallest absolute Gasteiger partial charge is 0.107 e. The number of fused-ring (bicyclic) bond motifs is 1. The van der Waals surface area contributed by atoms with Gasteiger partial charge in [0.1, 0.15) is 5.82 Å². The molecule has 0 radical (unpaired) electrons. The molecule has 98 valence electrons. The number of imidazole rings is 1. The van der Waals surface area contributed by atoms with E-state index in [1.54, 1.807) is 0 Å². The van der Waals surface area contributed by atoms with Gasteiger partial charge in [0.2, 0.25) is 0 Å². The number of hydrogen-bond donors (Lipinski definition) is 1. The van der Waals surface area contributed by atoms with Gasteiger partial charge in [-0.3, -0.25) is 0 Å². The van der Waals surface area contributed by atoms with Crippen molar-refractivity contribution in [1.29, 1.82) is 5.26 Å². The Balaban J connectivity index is 1.79. The predicted molar refractivity (Wildman–Crippen MR) is 75.7 cm³/mol. The summed E-state index contributed by atoms with van der Waals surface area (Å²) in [7, 11) is 0. The predicted octanol–water partition coefficient (Wildman–Crippen LogP) is 3.95. The van der Waals surface area contributed by atoms with E-state index in [2.05, 4.69) is 16.0 Å². The Bertz CT molecular complexity index is 598. The van der Waals surface area contributed by atoms with E-state index in [4.69, 9.17) is 5.26 Å². The summed E-state index contributed by atoms with van der Waals surface area (Å²) in [5, 5.41) is 8.91. The van der Waals surface area contributed by atoms with E-state index in [9.17, 15) is 0 Å². The molecule has 19 heavy (non-hydrogen) atoms. The molecule has 1 aromatic carbocycles. The van der Waals surface area contributed by atoms with Crippen LogP contribution in [-0.4, -0.2) is 9.97 Å². The molecule has 1 aromatic heterocycles. The summed E-state index contributed by atoms with van der Waals surface area (Å²) in [4.78, 5) is 8.02. The van der Waals surface area contributed by atoms with Crippen LogP contribution in [0, 0.1) is 17.2 Å². The third-order valence-corrected chi connectivity index (χ3v) is 4.12. The van der Waals surface area contributed by atoms with Crippen LogP contribution in [0.4, 0.5) is 0 Å². The maximum absolute atomic E-state index is 8.91. The molecule has 1 heterocycles. The third-order valence-electron chi connectivity index (χ3n) is 4.12. The second kappa shape index (κ2) is 5.44. The van der Waals surface area contributed by atoms with Gasteiger partial charge < -0.3 is 4.98 Å². The van der Waals surface area contributed by atoms with Crippen molar-refractivity contribution in [2.45, 2.75) is 44.9 Å². The minimum absolute atomic E-state index is 0.692. The Morgan fingerprint density at radius 1 is 1.21 bits per heavy atom. The van der Waals surface area contributed by atoms with Crippen molar-refractivity contribution in [2.75, 3.05) is 0 Å². The molecule has 3 nitrogen and oxygen atoms in total. The summed E-state index contributed by atoms with van der Waals surface area (Å²) in [5.74, 6) is 1.86. The van der Waals surface area contributed by atoms with Gasteiger partial charge in [-0.2, -0.15) is 5.26 Å². The lowest BCUT2D eigenvalue weighted by atomic mass is 9.96. The summed E-state index contributed by atoms with van der Waals surface area (Å²) in [6.07, 6.45) is 9.23. The van der Waals surface area contributed by atoms with Gasteiger partial charge in [0.25, 0.3) is 0 Å². The molecule has 2 aromatic rings. The van der Waals surface area contributed by atoms with Crippen LogP contribution in [0.25, 0.3) is 11.0 Å². The lowest BCUT2D eigenvalue weighted by Crippen LogP contribution is -2.04. The zero-order valence-electron chi connectivity index (χ0n) is 11.2. The highest BCUT2D eigenvalue weighted by atomic mass is 14.9. The van der Waals surface area contributed by atoms with Gasteiger partial charge >= 0.3 is 0 Å². The maximum atomic E-state index is 8.91. The molecule has 3 heteroatoms. The first-order chi connectivity index (χ1) is 9.35. The molecular formula is C16H19N3. The zero-order valence-corrected chi connectivity index (χ0v) is 11.2. The van der Waals surface area contributed by atoms with Crippen molar-refractivity contribution in [3.8, 4) is 6.07 Å². The van der Waals surface area contributed by atoms with E-state index < -0.39 is 0 Å². The molecule has 0 unspecified atom stereocenters. The number of H-pyrrole nitrogens is 1. The fourth-order valence-electron chi connectivity index (χ4n) is 3.07. The highest BCUT2D eigenvalue weighted by molar-refractivity contribution is 5.76. The van der Waals surface area contributed by atoms with Crippen molar-refractivity contribution in [3.05, 3.63) is 29.6 Å². The first kappa shape index (κ1) is 12.2. The van der Waals surface area contributed by atoms with E-state index in [0.717, 1.165) is 29.2 Å². The second-order valence-corrected chi connectivity index (χ2v) is 5.59. The average molecular weight is 253 g/mol. The zero-order chi connectivity index (χ0) is 13.1. The van der Waals surface area contributed by atoms with E-state index in [1.807, 2.05) is 18.2 Å². The SMILES string of the molecule is N#Cc1ccc2nc(CC3CCCCCC3)[nH]c2c1. The van der Waals surface area contributed by atoms with Crippen molar-refractivity contribution >= 4 is 11.0 Å². The quantitative estimate of drug-likeness (QED) is 0.824. The minimum Gasteiger partial charge on any atom is -0.342 e. The van der Waals surface area contributed by atoms with Gasteiger partial charge in [-0.15, -0.1) is 0 Å². The van der Waals surface area contributed by atoms with Crippen LogP contribution in [0.2, 0.25) is 0 Å². The Kier molecular flexibility index (Phi) is 3.50. The average Bonchev–Trinajstić information content (AvgIpc) is 2.64. The van der Waals surface area contributed by atoms with Crippen LogP contribution in [0.5, 0.6) is 0 Å². The Morgan fingerprint density at radius 2 is 2.00 bits per heavy atom. The monoisotopic (exact) mass is 253 g/mol. The van der Waals surface area contributed by atoms with Crippen LogP contribution < -0.4 is 0 Å². The number of nitriles is 1. The highest BCUT2D eigenvalue weighted by Crippen LogP contribution is 2.26. The molecule has 1 N–H and O–H groups in total. The first-order valence-electron chi connectivity index (χ1n) is 7.24. The van der Waals surface area contributed by atoms with Crippen molar-refractivity contribution in [2.24, 2.45) is 5.92 Å². The van der Waals surface area contributed by atoms with E-state index in [0.29, 0.717) is 5.56 Å². The van der Waals surface area contributed by atoms with Crippen LogP contribution in [-0.2, 0) is 6.42 Å². The Morgan fingerprint density at radius 3 is 2.74 bits per heavy atom. The van der Waals surface area contributed by atoms with Gasteiger partial charge in [0.15, 0.2) is 0 Å². The van der Waals surface area contributed by atoms with Gasteiger partial charge in [0, 0.05) is 6.42 Å². The fraction of sp³-hybridized carbons (Fsp3) is 0.500. The largest absolute Gasteiger partial charge is 0.342 e. The molecular weight excluding hydrogens is 234 g/mol. The highest BCUT2D eigenvalue weighted by Gasteiger charge is 2.15. The van der Waals surface area contributed by atoms with Crippen molar-refractivity contribution in [1.82, 2.24) is 9.97 Å². The molecule has 0 amide bonds. The molecule has 0 spiro atoms. The summed E-state index contributed by atoms with van der Waals surface area (Å²) in [6.45, 7) is 0. The molecule has 1 aliphatic carbocycles. The fourth-order valence-corrected chi connectivity index (χ4v) is 3.07. The topological polar surface area (TPSA) is 52.5 Å². The maximum Gasteiger partial charge on any atom is 0.107 e. The standard InChI is InChI=1S/C16H19N3/c17-11-13-7-8-14-15(9-13)19-16(18-14)10-12-5-3-1-2-4-6-12/h7-9,12H,1-6,10H2,(H,18,19). The normalized spacial score (nSPS) is 17.2. The number of nitrogens with zero attached hydrogens (tertiary/aromatic N) is 2. The first-order valence-corrected chi connectivity index (χ1v) is 7.24. The van der Waals surface area contributed by atoms with Crippen LogP contribution >= 0.6 is 0 Å². The molecule has 1 aliphatic rings. The molecule has 1 saturated carbocycles. The van der Waals surface area contributed by atoms with Crippen LogP contribution in [0.1, 0.15) is 49.9 Å². The molecule has 0 bridgehead atoms. The molecule has 0 atom stereocenters. The second-order valence-electron chi connectivity index (χ2n) is 5.59. The molecule has 0 saturated heterocycles. The number of aromatic amines is 1. The number of hydrogen-bond acceptors (Lipinski definition) is 2. The number of benzene rings is 1. The summed E-state index contributed by atoms with van der Waals surface area (Å²) >= 11 is 0. The number of aromatic nitrogens is 2. The molecule has 1 fully saturated rings. The van der Waals surface area contributed by atoms with Crippen molar-refractivity contribution in [3.63, 3.8) is 0 Å². The van der Waals surface area contributed by atoms with Crippen LogP contribution in [0.3, 0.4) is 0 Å². The summed E-state index contributed by atoms with van der Waals surface area (Å²) in [6, 6.07) is 7.82.